The molecule has 2 atom stereocenters. The van der Waals surface area contributed by atoms with Crippen LogP contribution in [0.4, 0.5) is 0 Å². The Morgan fingerprint density at radius 1 is 1.00 bits per heavy atom. The summed E-state index contributed by atoms with van der Waals surface area (Å²) < 4.78 is 6.80. The first-order chi connectivity index (χ1) is 13.6. The molecule has 3 N–H and O–H groups in total. The number of para-hydroxylation sites is 3. The number of phenols is 1. The lowest BCUT2D eigenvalue weighted by Crippen LogP contribution is -2.38. The quantitative estimate of drug-likeness (QED) is 0.513. The van der Waals surface area contributed by atoms with E-state index in [-0.39, 0.29) is 17.1 Å². The van der Waals surface area contributed by atoms with Gasteiger partial charge in [0.25, 0.3) is 0 Å². The summed E-state index contributed by atoms with van der Waals surface area (Å²) in [6, 6.07) is 19.6. The summed E-state index contributed by atoms with van der Waals surface area (Å²) in [6.07, 6.45) is -1.46. The Kier molecular flexibility index (Phi) is 3.49. The number of benzene rings is 3. The van der Waals surface area contributed by atoms with Crippen LogP contribution in [0.15, 0.2) is 66.7 Å². The van der Waals surface area contributed by atoms with Gasteiger partial charge in [0.15, 0.2) is 11.5 Å². The molecule has 0 unspecified atom stereocenters. The van der Waals surface area contributed by atoms with Gasteiger partial charge in [0.2, 0.25) is 5.72 Å². The van der Waals surface area contributed by atoms with Crippen LogP contribution < -0.4 is 4.74 Å². The van der Waals surface area contributed by atoms with Crippen molar-refractivity contribution in [2.45, 2.75) is 11.8 Å². The van der Waals surface area contributed by atoms with E-state index >= 15 is 0 Å². The fourth-order valence-corrected chi connectivity index (χ4v) is 4.08. The number of aromatic hydroxyl groups is 1. The third kappa shape index (κ3) is 2.01. The minimum absolute atomic E-state index is 0.169. The number of methoxy groups -OCH3 is 1. The Hall–Kier alpha value is -3.35. The lowest BCUT2D eigenvalue weighted by Gasteiger charge is -2.33. The Balaban J connectivity index is 1.82. The SMILES string of the molecule is COc1cccc([C@@H](O)[C@@]2(O)c3ccccc3-c3nc4ccccc4n32)c1O. The molecule has 1 aromatic heterocycles. The fourth-order valence-electron chi connectivity index (χ4n) is 4.08. The van der Waals surface area contributed by atoms with Gasteiger partial charge in [-0.1, -0.05) is 48.5 Å². The van der Waals surface area contributed by atoms with Gasteiger partial charge in [0.1, 0.15) is 11.9 Å². The largest absolute Gasteiger partial charge is 0.504 e. The third-order valence-electron chi connectivity index (χ3n) is 5.39. The first-order valence-electron chi connectivity index (χ1n) is 8.91. The molecule has 0 radical (unpaired) electrons. The molecule has 0 spiro atoms. The number of fused-ring (bicyclic) bond motifs is 5. The van der Waals surface area contributed by atoms with Crippen LogP contribution in [-0.2, 0) is 5.72 Å². The van der Waals surface area contributed by atoms with Crippen molar-refractivity contribution in [2.75, 3.05) is 7.11 Å². The lowest BCUT2D eigenvalue weighted by atomic mass is 9.90. The molecule has 0 aliphatic carbocycles. The molecule has 0 bridgehead atoms. The van der Waals surface area contributed by atoms with E-state index < -0.39 is 11.8 Å². The zero-order chi connectivity index (χ0) is 19.5. The summed E-state index contributed by atoms with van der Waals surface area (Å²) in [7, 11) is 1.44. The minimum Gasteiger partial charge on any atom is -0.504 e. The fraction of sp³-hybridized carbons (Fsp3) is 0.136. The number of phenolic OH excluding ortho intramolecular Hbond substituents is 1. The van der Waals surface area contributed by atoms with Gasteiger partial charge in [-0.15, -0.1) is 0 Å². The topological polar surface area (TPSA) is 87.7 Å². The molecular weight excluding hydrogens is 356 g/mol. The summed E-state index contributed by atoms with van der Waals surface area (Å²) in [4.78, 5) is 4.67. The molecule has 0 amide bonds. The number of nitrogens with zero attached hydrogens (tertiary/aromatic N) is 2. The van der Waals surface area contributed by atoms with Crippen molar-refractivity contribution in [3.8, 4) is 22.9 Å². The third-order valence-corrected chi connectivity index (χ3v) is 5.39. The van der Waals surface area contributed by atoms with Crippen molar-refractivity contribution in [2.24, 2.45) is 0 Å². The Morgan fingerprint density at radius 2 is 1.75 bits per heavy atom. The van der Waals surface area contributed by atoms with E-state index in [1.807, 2.05) is 36.4 Å². The molecule has 5 rings (SSSR count). The van der Waals surface area contributed by atoms with Gasteiger partial charge in [0.05, 0.1) is 18.1 Å². The highest BCUT2D eigenvalue weighted by atomic mass is 16.5. The Bertz CT molecular complexity index is 1220. The van der Waals surface area contributed by atoms with Gasteiger partial charge >= 0.3 is 0 Å². The number of aromatic nitrogens is 2. The number of aliphatic hydroxyl groups is 2. The second kappa shape index (κ2) is 5.82. The maximum Gasteiger partial charge on any atom is 0.201 e. The highest BCUT2D eigenvalue weighted by molar-refractivity contribution is 5.85. The molecule has 4 aromatic rings. The number of ether oxygens (including phenoxy) is 1. The van der Waals surface area contributed by atoms with Gasteiger partial charge in [-0.3, -0.25) is 4.57 Å². The Labute approximate surface area is 160 Å². The molecule has 28 heavy (non-hydrogen) atoms. The smallest absolute Gasteiger partial charge is 0.201 e. The zero-order valence-corrected chi connectivity index (χ0v) is 15.1. The molecule has 3 aromatic carbocycles. The van der Waals surface area contributed by atoms with Crippen molar-refractivity contribution in [3.05, 3.63) is 77.9 Å². The van der Waals surface area contributed by atoms with Crippen LogP contribution in [0.5, 0.6) is 11.5 Å². The van der Waals surface area contributed by atoms with E-state index in [9.17, 15) is 15.3 Å². The molecular formula is C22H18N2O4. The van der Waals surface area contributed by atoms with Crippen LogP contribution in [-0.4, -0.2) is 32.0 Å². The maximum atomic E-state index is 11.9. The van der Waals surface area contributed by atoms with Gasteiger partial charge in [0, 0.05) is 16.7 Å². The number of hydrogen-bond acceptors (Lipinski definition) is 5. The van der Waals surface area contributed by atoms with E-state index in [0.29, 0.717) is 22.4 Å². The normalized spacial score (nSPS) is 18.7. The van der Waals surface area contributed by atoms with Crippen molar-refractivity contribution in [3.63, 3.8) is 0 Å². The van der Waals surface area contributed by atoms with Crippen molar-refractivity contribution >= 4 is 11.0 Å². The van der Waals surface area contributed by atoms with Gasteiger partial charge in [-0.2, -0.15) is 0 Å². The van der Waals surface area contributed by atoms with Crippen molar-refractivity contribution < 1.29 is 20.1 Å². The van der Waals surface area contributed by atoms with Crippen LogP contribution in [0.2, 0.25) is 0 Å². The predicted octanol–water partition coefficient (Wildman–Crippen LogP) is 3.16. The maximum absolute atomic E-state index is 11.9. The summed E-state index contributed by atoms with van der Waals surface area (Å²) >= 11 is 0. The molecule has 1 aliphatic heterocycles. The van der Waals surface area contributed by atoms with Crippen molar-refractivity contribution in [1.29, 1.82) is 0 Å². The van der Waals surface area contributed by atoms with Crippen LogP contribution in [0.3, 0.4) is 0 Å². The summed E-state index contributed by atoms with van der Waals surface area (Å²) in [6.45, 7) is 0. The zero-order valence-electron chi connectivity index (χ0n) is 15.1. The molecule has 6 nitrogen and oxygen atoms in total. The van der Waals surface area contributed by atoms with Gasteiger partial charge < -0.3 is 20.1 Å². The highest BCUT2D eigenvalue weighted by Crippen LogP contribution is 2.51. The second-order valence-electron chi connectivity index (χ2n) is 6.83. The molecule has 1 aliphatic rings. The summed E-state index contributed by atoms with van der Waals surface area (Å²) in [5, 5.41) is 33.8. The lowest BCUT2D eigenvalue weighted by molar-refractivity contribution is -0.0978. The predicted molar refractivity (Wildman–Crippen MR) is 104 cm³/mol. The van der Waals surface area contributed by atoms with Crippen LogP contribution in [0, 0.1) is 0 Å². The molecule has 6 heteroatoms. The van der Waals surface area contributed by atoms with E-state index in [1.54, 1.807) is 34.9 Å². The van der Waals surface area contributed by atoms with E-state index in [0.717, 1.165) is 5.56 Å². The molecule has 0 saturated carbocycles. The molecule has 0 saturated heterocycles. The standard InChI is InChI=1S/C22H18N2O4/c1-28-18-12-6-8-14(19(18)25)20(26)22(27)15-9-3-2-7-13(15)21-23-16-10-4-5-11-17(16)24(21)22/h2-12,20,25-27H,1H3/t20-,22+/m1/s1. The summed E-state index contributed by atoms with van der Waals surface area (Å²) in [5.41, 5.74) is 0.999. The monoisotopic (exact) mass is 374 g/mol. The first kappa shape index (κ1) is 16.8. The minimum atomic E-state index is -1.84. The van der Waals surface area contributed by atoms with E-state index in [2.05, 4.69) is 4.98 Å². The highest BCUT2D eigenvalue weighted by Gasteiger charge is 2.50. The number of imidazole rings is 1. The average Bonchev–Trinajstić information content (AvgIpc) is 3.23. The van der Waals surface area contributed by atoms with Crippen LogP contribution in [0.1, 0.15) is 17.2 Å². The van der Waals surface area contributed by atoms with Crippen LogP contribution >= 0.6 is 0 Å². The first-order valence-corrected chi connectivity index (χ1v) is 8.91. The van der Waals surface area contributed by atoms with E-state index in [4.69, 9.17) is 4.74 Å². The number of hydrogen-bond donors (Lipinski definition) is 3. The van der Waals surface area contributed by atoms with E-state index in [1.165, 1.54) is 7.11 Å². The van der Waals surface area contributed by atoms with Gasteiger partial charge in [-0.05, 0) is 18.2 Å². The Morgan fingerprint density at radius 3 is 2.57 bits per heavy atom. The number of rotatable bonds is 3. The van der Waals surface area contributed by atoms with Gasteiger partial charge in [-0.25, -0.2) is 4.98 Å². The second-order valence-corrected chi connectivity index (χ2v) is 6.83. The molecule has 2 heterocycles. The number of aliphatic hydroxyl groups excluding tert-OH is 1. The molecule has 0 fully saturated rings. The van der Waals surface area contributed by atoms with Crippen molar-refractivity contribution in [1.82, 2.24) is 9.55 Å². The average molecular weight is 374 g/mol. The molecule has 140 valence electrons. The summed E-state index contributed by atoms with van der Waals surface area (Å²) in [5.74, 6) is 0.587. The van der Waals surface area contributed by atoms with Crippen LogP contribution in [0.25, 0.3) is 22.4 Å².